The van der Waals surface area contributed by atoms with E-state index in [4.69, 9.17) is 0 Å². The third-order valence-electron chi connectivity index (χ3n) is 2.46. The minimum Gasteiger partial charge on any atom is -0.468 e. The second-order valence-electron chi connectivity index (χ2n) is 3.07. The minimum absolute atomic E-state index is 0. The molecular formula is C7H12ClNO2. The highest BCUT2D eigenvalue weighted by Crippen LogP contribution is 2.45. The van der Waals surface area contributed by atoms with Crippen molar-refractivity contribution in [3.63, 3.8) is 0 Å². The van der Waals surface area contributed by atoms with Crippen LogP contribution in [0.25, 0.3) is 0 Å². The molecule has 3 atom stereocenters. The van der Waals surface area contributed by atoms with Crippen LogP contribution in [0.4, 0.5) is 0 Å². The normalized spacial score (nSPS) is 38.8. The summed E-state index contributed by atoms with van der Waals surface area (Å²) in [5.41, 5.74) is 0. The van der Waals surface area contributed by atoms with Crippen LogP contribution in [0.1, 0.15) is 6.42 Å². The van der Waals surface area contributed by atoms with Gasteiger partial charge in [-0.05, 0) is 24.8 Å². The van der Waals surface area contributed by atoms with Crippen molar-refractivity contribution in [1.29, 1.82) is 0 Å². The minimum atomic E-state index is -0.0926. The summed E-state index contributed by atoms with van der Waals surface area (Å²) >= 11 is 0. The molecule has 0 amide bonds. The van der Waals surface area contributed by atoms with Crippen molar-refractivity contribution in [2.45, 2.75) is 12.5 Å². The van der Waals surface area contributed by atoms with Crippen LogP contribution in [0.15, 0.2) is 0 Å². The number of fused-ring (bicyclic) bond motifs is 1. The quantitative estimate of drug-likeness (QED) is 0.582. The molecule has 2 rings (SSSR count). The molecule has 0 spiro atoms. The number of piperidine rings is 1. The molecule has 0 aromatic heterocycles. The molecule has 0 bridgehead atoms. The van der Waals surface area contributed by atoms with E-state index in [0.29, 0.717) is 5.92 Å². The molecular weight excluding hydrogens is 166 g/mol. The van der Waals surface area contributed by atoms with Gasteiger partial charge in [-0.15, -0.1) is 12.4 Å². The summed E-state index contributed by atoms with van der Waals surface area (Å²) in [6, 6.07) is 0.00926. The average molecular weight is 178 g/mol. The molecule has 2 fully saturated rings. The number of nitrogens with one attached hydrogen (secondary N) is 1. The van der Waals surface area contributed by atoms with Gasteiger partial charge < -0.3 is 10.1 Å². The maximum atomic E-state index is 11.0. The number of carbonyl (C=O) groups is 1. The standard InChI is InChI=1S/C7H11NO2.ClH/c1-10-7(9)6-5-2-4(5)3-8-6;/h4-6,8H,2-3H2,1H3;1H/t4-,5+,6+;/m0./s1. The first-order chi connectivity index (χ1) is 4.83. The zero-order valence-corrected chi connectivity index (χ0v) is 7.19. The fourth-order valence-electron chi connectivity index (χ4n) is 1.73. The molecule has 0 aromatic carbocycles. The Morgan fingerprint density at radius 1 is 1.64 bits per heavy atom. The Morgan fingerprint density at radius 3 is 2.73 bits per heavy atom. The molecule has 1 saturated carbocycles. The smallest absolute Gasteiger partial charge is 0.323 e. The van der Waals surface area contributed by atoms with Crippen LogP contribution in [0.5, 0.6) is 0 Å². The molecule has 0 unspecified atom stereocenters. The summed E-state index contributed by atoms with van der Waals surface area (Å²) < 4.78 is 4.63. The first kappa shape index (κ1) is 8.81. The molecule has 64 valence electrons. The van der Waals surface area contributed by atoms with Crippen molar-refractivity contribution in [3.05, 3.63) is 0 Å². The predicted octanol–water partition coefficient (Wildman–Crippen LogP) is 0.189. The van der Waals surface area contributed by atoms with Gasteiger partial charge in [0.1, 0.15) is 6.04 Å². The molecule has 1 N–H and O–H groups in total. The Hall–Kier alpha value is -0.280. The molecule has 1 aliphatic carbocycles. The highest BCUT2D eigenvalue weighted by atomic mass is 35.5. The zero-order chi connectivity index (χ0) is 7.14. The highest BCUT2D eigenvalue weighted by molar-refractivity contribution is 5.85. The van der Waals surface area contributed by atoms with Crippen molar-refractivity contribution in [1.82, 2.24) is 5.32 Å². The monoisotopic (exact) mass is 177 g/mol. The maximum Gasteiger partial charge on any atom is 0.323 e. The number of rotatable bonds is 1. The van der Waals surface area contributed by atoms with E-state index in [1.54, 1.807) is 0 Å². The molecule has 1 aliphatic heterocycles. The number of hydrogen-bond acceptors (Lipinski definition) is 3. The highest BCUT2D eigenvalue weighted by Gasteiger charge is 2.51. The fraction of sp³-hybridized carbons (Fsp3) is 0.857. The lowest BCUT2D eigenvalue weighted by Crippen LogP contribution is -2.35. The molecule has 11 heavy (non-hydrogen) atoms. The molecule has 1 saturated heterocycles. The van der Waals surface area contributed by atoms with Crippen molar-refractivity contribution < 1.29 is 9.53 Å². The van der Waals surface area contributed by atoms with E-state index in [1.165, 1.54) is 13.5 Å². The van der Waals surface area contributed by atoms with E-state index < -0.39 is 0 Å². The Morgan fingerprint density at radius 2 is 2.36 bits per heavy atom. The van der Waals surface area contributed by atoms with E-state index in [2.05, 4.69) is 10.1 Å². The van der Waals surface area contributed by atoms with Gasteiger partial charge in [0, 0.05) is 0 Å². The van der Waals surface area contributed by atoms with Crippen molar-refractivity contribution in [2.24, 2.45) is 11.8 Å². The summed E-state index contributed by atoms with van der Waals surface area (Å²) in [5, 5.41) is 3.13. The summed E-state index contributed by atoms with van der Waals surface area (Å²) in [4.78, 5) is 11.0. The largest absolute Gasteiger partial charge is 0.468 e. The lowest BCUT2D eigenvalue weighted by molar-refractivity contribution is -0.143. The van der Waals surface area contributed by atoms with Gasteiger partial charge in [0.15, 0.2) is 0 Å². The third kappa shape index (κ3) is 1.35. The third-order valence-corrected chi connectivity index (χ3v) is 2.46. The van der Waals surface area contributed by atoms with Gasteiger partial charge in [0.2, 0.25) is 0 Å². The van der Waals surface area contributed by atoms with E-state index in [0.717, 1.165) is 12.5 Å². The van der Waals surface area contributed by atoms with E-state index in [1.807, 2.05) is 0 Å². The maximum absolute atomic E-state index is 11.0. The summed E-state index contributed by atoms with van der Waals surface area (Å²) in [5.74, 6) is 1.27. The van der Waals surface area contributed by atoms with Gasteiger partial charge in [-0.2, -0.15) is 0 Å². The average Bonchev–Trinajstić information content (AvgIpc) is 2.62. The number of ether oxygens (including phenoxy) is 1. The molecule has 1 heterocycles. The number of carbonyl (C=O) groups excluding carboxylic acids is 1. The van der Waals surface area contributed by atoms with Gasteiger partial charge in [-0.1, -0.05) is 0 Å². The van der Waals surface area contributed by atoms with E-state index >= 15 is 0 Å². The number of halogens is 1. The van der Waals surface area contributed by atoms with Crippen LogP contribution < -0.4 is 5.32 Å². The SMILES string of the molecule is COC(=O)[C@@H]1NC[C@@H]2C[C@H]21.Cl. The topological polar surface area (TPSA) is 38.3 Å². The van der Waals surface area contributed by atoms with Gasteiger partial charge in [0.25, 0.3) is 0 Å². The summed E-state index contributed by atoms with van der Waals surface area (Å²) in [6.45, 7) is 1.00. The van der Waals surface area contributed by atoms with Gasteiger partial charge in [-0.25, -0.2) is 0 Å². The Bertz CT molecular complexity index is 174. The van der Waals surface area contributed by atoms with Crippen molar-refractivity contribution in [2.75, 3.05) is 13.7 Å². The van der Waals surface area contributed by atoms with Crippen molar-refractivity contribution >= 4 is 18.4 Å². The van der Waals surface area contributed by atoms with Crippen LogP contribution >= 0.6 is 12.4 Å². The van der Waals surface area contributed by atoms with Gasteiger partial charge in [-0.3, -0.25) is 4.79 Å². The summed E-state index contributed by atoms with van der Waals surface area (Å²) in [6.07, 6.45) is 1.22. The van der Waals surface area contributed by atoms with Crippen molar-refractivity contribution in [3.8, 4) is 0 Å². The molecule has 3 nitrogen and oxygen atoms in total. The van der Waals surface area contributed by atoms with Gasteiger partial charge in [0.05, 0.1) is 7.11 Å². The lowest BCUT2D eigenvalue weighted by atomic mass is 10.2. The number of hydrogen-bond donors (Lipinski definition) is 1. The van der Waals surface area contributed by atoms with E-state index in [-0.39, 0.29) is 24.4 Å². The number of methoxy groups -OCH3 is 1. The van der Waals surface area contributed by atoms with E-state index in [9.17, 15) is 4.79 Å². The molecule has 0 aromatic rings. The van der Waals surface area contributed by atoms with Crippen LogP contribution in [0.3, 0.4) is 0 Å². The van der Waals surface area contributed by atoms with Crippen LogP contribution in [0.2, 0.25) is 0 Å². The first-order valence-corrected chi connectivity index (χ1v) is 3.64. The second kappa shape index (κ2) is 2.99. The van der Waals surface area contributed by atoms with Crippen LogP contribution in [0, 0.1) is 11.8 Å². The fourth-order valence-corrected chi connectivity index (χ4v) is 1.73. The zero-order valence-electron chi connectivity index (χ0n) is 6.37. The summed E-state index contributed by atoms with van der Waals surface area (Å²) in [7, 11) is 1.44. The first-order valence-electron chi connectivity index (χ1n) is 3.64. The number of esters is 1. The predicted molar refractivity (Wildman–Crippen MR) is 42.7 cm³/mol. The molecule has 2 aliphatic rings. The van der Waals surface area contributed by atoms with Crippen LogP contribution in [-0.4, -0.2) is 25.7 Å². The van der Waals surface area contributed by atoms with Crippen LogP contribution in [-0.2, 0) is 9.53 Å². The molecule has 4 heteroatoms. The Kier molecular flexibility index (Phi) is 2.40. The molecule has 0 radical (unpaired) electrons. The Labute approximate surface area is 71.9 Å². The lowest BCUT2D eigenvalue weighted by Gasteiger charge is -2.08. The second-order valence-corrected chi connectivity index (χ2v) is 3.07. The van der Waals surface area contributed by atoms with Gasteiger partial charge >= 0.3 is 5.97 Å². The Balaban J connectivity index is 0.000000605.